The number of hydrogen-bond acceptors (Lipinski definition) is 8. The summed E-state index contributed by atoms with van der Waals surface area (Å²) < 4.78 is 21.6. The summed E-state index contributed by atoms with van der Waals surface area (Å²) in [7, 11) is 1.69. The summed E-state index contributed by atoms with van der Waals surface area (Å²) in [6.07, 6.45) is 6.86. The second-order valence-corrected chi connectivity index (χ2v) is 20.1. The Labute approximate surface area is 471 Å². The lowest BCUT2D eigenvalue weighted by Gasteiger charge is -2.26. The molecule has 0 aliphatic carbocycles. The number of unbranched alkanes of at least 4 members (excludes halogenated alkanes) is 3. The Balaban J connectivity index is 1.03. The van der Waals surface area contributed by atoms with Crippen LogP contribution in [0.25, 0.3) is 23.3 Å². The van der Waals surface area contributed by atoms with Crippen molar-refractivity contribution in [3.05, 3.63) is 274 Å². The van der Waals surface area contributed by atoms with Crippen molar-refractivity contribution in [1.29, 1.82) is 0 Å². The van der Waals surface area contributed by atoms with E-state index in [1.165, 1.54) is 29.2 Å². The zero-order chi connectivity index (χ0) is 55.8. The average Bonchev–Trinajstić information content (AvgIpc) is 3.48. The number of esters is 1. The number of benzene rings is 9. The van der Waals surface area contributed by atoms with Crippen LogP contribution in [-0.2, 0) is 14.3 Å². The highest BCUT2D eigenvalue weighted by atomic mass is 16.7. The van der Waals surface area contributed by atoms with Gasteiger partial charge in [-0.3, -0.25) is 4.79 Å². The van der Waals surface area contributed by atoms with E-state index >= 15 is 0 Å². The molecule has 0 aliphatic heterocycles. The number of hydrogen-bond donors (Lipinski definition) is 0. The van der Waals surface area contributed by atoms with Crippen LogP contribution < -0.4 is 19.3 Å². The Morgan fingerprint density at radius 1 is 0.362 bits per heavy atom. The van der Waals surface area contributed by atoms with E-state index in [-0.39, 0.29) is 12.6 Å². The van der Waals surface area contributed by atoms with Crippen LogP contribution in [0.5, 0.6) is 11.5 Å². The first kappa shape index (κ1) is 55.4. The Bertz CT molecular complexity index is 3420. The Hall–Kier alpha value is -9.40. The number of carbonyl (C=O) groups excluding carboxylic acids is 2. The molecule has 0 fully saturated rings. The molecule has 0 aromatic heterocycles. The minimum Gasteiger partial charge on any atom is -0.497 e. The third-order valence-electron chi connectivity index (χ3n) is 13.9. The Kier molecular flexibility index (Phi) is 18.5. The van der Waals surface area contributed by atoms with Gasteiger partial charge < -0.3 is 28.7 Å². The lowest BCUT2D eigenvalue weighted by molar-refractivity contribution is -0.141. The van der Waals surface area contributed by atoms with Crippen molar-refractivity contribution in [3.63, 3.8) is 0 Å². The number of aryl methyl sites for hydroxylation is 4. The van der Waals surface area contributed by atoms with E-state index < -0.39 is 6.16 Å². The molecule has 0 heterocycles. The lowest BCUT2D eigenvalue weighted by atomic mass is 9.91. The lowest BCUT2D eigenvalue weighted by Crippen LogP contribution is -2.11. The van der Waals surface area contributed by atoms with Gasteiger partial charge in [-0.25, -0.2) is 4.79 Å². The maximum absolute atomic E-state index is 12.8. The molecule has 8 nitrogen and oxygen atoms in total. The van der Waals surface area contributed by atoms with E-state index in [1.54, 1.807) is 19.2 Å². The van der Waals surface area contributed by atoms with Gasteiger partial charge in [0.05, 0.1) is 20.3 Å². The molecule has 80 heavy (non-hydrogen) atoms. The number of ether oxygens (including phenoxy) is 4. The third-order valence-corrected chi connectivity index (χ3v) is 13.9. The van der Waals surface area contributed by atoms with Crippen molar-refractivity contribution in [2.45, 2.75) is 60.3 Å². The van der Waals surface area contributed by atoms with Gasteiger partial charge in [0.1, 0.15) is 11.5 Å². The molecular weight excluding hydrogens is 989 g/mol. The van der Waals surface area contributed by atoms with Gasteiger partial charge in [0.2, 0.25) is 0 Å². The van der Waals surface area contributed by atoms with E-state index in [4.69, 9.17) is 18.9 Å². The molecule has 8 heteroatoms. The maximum atomic E-state index is 12.8. The molecule has 0 bridgehead atoms. The van der Waals surface area contributed by atoms with Crippen LogP contribution in [0.2, 0.25) is 0 Å². The smallest absolute Gasteiger partial charge is 0.497 e. The quantitative estimate of drug-likeness (QED) is 0.0305. The predicted octanol–water partition coefficient (Wildman–Crippen LogP) is 18.7. The zero-order valence-corrected chi connectivity index (χ0v) is 46.5. The highest BCUT2D eigenvalue weighted by molar-refractivity contribution is 5.95. The monoisotopic (exact) mass is 1060 g/mol. The van der Waals surface area contributed by atoms with Gasteiger partial charge in [-0.1, -0.05) is 144 Å². The Morgan fingerprint density at radius 3 is 0.963 bits per heavy atom. The summed E-state index contributed by atoms with van der Waals surface area (Å²) in [5, 5.41) is 0. The molecule has 9 aromatic rings. The largest absolute Gasteiger partial charge is 0.513 e. The minimum absolute atomic E-state index is 0.239. The first-order valence-corrected chi connectivity index (χ1v) is 27.3. The fourth-order valence-corrected chi connectivity index (χ4v) is 9.47. The summed E-state index contributed by atoms with van der Waals surface area (Å²) in [6.45, 7) is 10.5. The summed E-state index contributed by atoms with van der Waals surface area (Å²) in [5.74, 6) is 0.890. The van der Waals surface area contributed by atoms with Gasteiger partial charge >= 0.3 is 12.1 Å². The fraction of sp³-hybridized carbons (Fsp3) is 0.167. The van der Waals surface area contributed by atoms with Gasteiger partial charge in [0, 0.05) is 41.0 Å². The molecule has 9 aromatic carbocycles. The molecule has 9 rings (SSSR count). The maximum Gasteiger partial charge on any atom is 0.513 e. The summed E-state index contributed by atoms with van der Waals surface area (Å²) in [4.78, 5) is 28.4. The second kappa shape index (κ2) is 26.8. The van der Waals surface area contributed by atoms with Crippen LogP contribution in [0.1, 0.15) is 88.2 Å². The van der Waals surface area contributed by atoms with E-state index in [0.717, 1.165) is 104 Å². The summed E-state index contributed by atoms with van der Waals surface area (Å²) >= 11 is 0. The molecule has 0 unspecified atom stereocenters. The molecule has 402 valence electrons. The SMILES string of the molecule is COc1ccc(C(=Cc2ccc(N(c3ccc(C)cc3)c3ccc(C)cc3)cc2)c2ccc(C(=Cc3ccc(N(c4ccc(C)cc4)c4ccc(C)cc4)cc3)c3ccc(OC(=O)OCCCCCCOC(C)=O)cc3)cc2)cc1. The highest BCUT2D eigenvalue weighted by Crippen LogP contribution is 2.39. The van der Waals surface area contributed by atoms with Crippen LogP contribution >= 0.6 is 0 Å². The van der Waals surface area contributed by atoms with Crippen molar-refractivity contribution in [1.82, 2.24) is 0 Å². The molecule has 0 N–H and O–H groups in total. The summed E-state index contributed by atoms with van der Waals surface area (Å²) in [5.41, 5.74) is 19.4. The molecule has 0 spiro atoms. The van der Waals surface area contributed by atoms with Gasteiger partial charge in [0.15, 0.2) is 0 Å². The van der Waals surface area contributed by atoms with Gasteiger partial charge in [-0.15, -0.1) is 0 Å². The van der Waals surface area contributed by atoms with Crippen LogP contribution in [0, 0.1) is 27.7 Å². The fourth-order valence-electron chi connectivity index (χ4n) is 9.47. The van der Waals surface area contributed by atoms with E-state index in [1.807, 2.05) is 24.3 Å². The zero-order valence-electron chi connectivity index (χ0n) is 46.5. The first-order valence-electron chi connectivity index (χ1n) is 27.3. The van der Waals surface area contributed by atoms with Crippen molar-refractivity contribution < 1.29 is 28.5 Å². The van der Waals surface area contributed by atoms with Crippen LogP contribution in [0.3, 0.4) is 0 Å². The topological polar surface area (TPSA) is 77.5 Å². The molecule has 0 amide bonds. The number of nitrogens with zero attached hydrogens (tertiary/aromatic N) is 2. The molecule has 0 saturated heterocycles. The van der Waals surface area contributed by atoms with E-state index in [2.05, 4.69) is 232 Å². The van der Waals surface area contributed by atoms with Crippen molar-refractivity contribution in [2.24, 2.45) is 0 Å². The van der Waals surface area contributed by atoms with Crippen LogP contribution in [-0.4, -0.2) is 32.4 Å². The number of rotatable bonds is 21. The van der Waals surface area contributed by atoms with Crippen molar-refractivity contribution >= 4 is 69.5 Å². The van der Waals surface area contributed by atoms with Crippen molar-refractivity contribution in [2.75, 3.05) is 30.1 Å². The normalized spacial score (nSPS) is 11.4. The molecule has 0 aliphatic rings. The average molecular weight is 1060 g/mol. The summed E-state index contributed by atoms with van der Waals surface area (Å²) in [6, 6.07) is 76.4. The first-order chi connectivity index (χ1) is 39.0. The van der Waals surface area contributed by atoms with Crippen LogP contribution in [0.4, 0.5) is 38.9 Å². The highest BCUT2D eigenvalue weighted by Gasteiger charge is 2.17. The van der Waals surface area contributed by atoms with Crippen LogP contribution in [0.15, 0.2) is 218 Å². The van der Waals surface area contributed by atoms with Gasteiger partial charge in [0.25, 0.3) is 0 Å². The van der Waals surface area contributed by atoms with E-state index in [0.29, 0.717) is 18.8 Å². The number of carbonyl (C=O) groups is 2. The number of anilines is 6. The standard InChI is InChI=1S/C72H68N2O6/c1-51-11-31-62(32-12-51)73(63-33-13-52(2)14-34-63)66-39-19-56(20-40-66)49-70(60-27-43-68(77-6)44-28-60)58-23-25-59(26-24-58)71(61-29-45-69(46-30-61)80-72(76)79-48-10-8-7-9-47-78-55(5)75)50-57-21-41-67(42-22-57)74(64-35-15-53(3)16-36-64)65-37-17-54(4)18-38-65/h11-46,49-50H,7-10,47-48H2,1-6H3. The van der Waals surface area contributed by atoms with E-state index in [9.17, 15) is 9.59 Å². The third kappa shape index (κ3) is 14.8. The Morgan fingerprint density at radius 2 is 0.650 bits per heavy atom. The molecular formula is C72H68N2O6. The molecule has 0 radical (unpaired) electrons. The second-order valence-electron chi connectivity index (χ2n) is 20.1. The van der Waals surface area contributed by atoms with Gasteiger partial charge in [-0.05, 0) is 207 Å². The predicted molar refractivity (Wildman–Crippen MR) is 328 cm³/mol. The molecule has 0 saturated carbocycles. The molecule has 0 atom stereocenters. The van der Waals surface area contributed by atoms with Crippen molar-refractivity contribution in [3.8, 4) is 11.5 Å². The minimum atomic E-state index is -0.752. The number of methoxy groups -OCH3 is 1. The van der Waals surface area contributed by atoms with Gasteiger partial charge in [-0.2, -0.15) is 0 Å².